The predicted octanol–water partition coefficient (Wildman–Crippen LogP) is 2.68. The summed E-state index contributed by atoms with van der Waals surface area (Å²) in [5.41, 5.74) is 0.382. The molecule has 4 nitrogen and oxygen atoms in total. The molecule has 0 amide bonds. The first-order valence-electron chi connectivity index (χ1n) is 6.14. The quantitative estimate of drug-likeness (QED) is 0.798. The molecular formula is C13H14N2O2S. The van der Waals surface area contributed by atoms with Crippen LogP contribution < -0.4 is 0 Å². The van der Waals surface area contributed by atoms with Crippen LogP contribution >= 0.6 is 11.3 Å². The molecule has 0 N–H and O–H groups in total. The molecule has 2 heterocycles. The topological polar surface area (TPSA) is 52.1 Å². The fraction of sp³-hybridized carbons (Fsp3) is 0.462. The van der Waals surface area contributed by atoms with Gasteiger partial charge < -0.3 is 4.74 Å². The van der Waals surface area contributed by atoms with Crippen molar-refractivity contribution in [1.29, 1.82) is 0 Å². The highest BCUT2D eigenvalue weighted by Gasteiger charge is 2.49. The normalized spacial score (nSPS) is 17.4. The van der Waals surface area contributed by atoms with Crippen molar-refractivity contribution in [2.24, 2.45) is 0 Å². The number of ether oxygens (including phenoxy) is 1. The second-order valence-electron chi connectivity index (χ2n) is 4.52. The Morgan fingerprint density at radius 2 is 2.39 bits per heavy atom. The van der Waals surface area contributed by atoms with E-state index in [1.54, 1.807) is 23.7 Å². The SMILES string of the molecule is CCOC(=O)C1(c2nc3cnccc3s2)CCC1. The Hall–Kier alpha value is -1.49. The Balaban J connectivity index is 2.03. The van der Waals surface area contributed by atoms with Crippen molar-refractivity contribution in [1.82, 2.24) is 9.97 Å². The molecule has 94 valence electrons. The Kier molecular flexibility index (Phi) is 2.78. The molecule has 0 radical (unpaired) electrons. The van der Waals surface area contributed by atoms with Gasteiger partial charge in [-0.3, -0.25) is 9.78 Å². The van der Waals surface area contributed by atoms with Gasteiger partial charge in [-0.2, -0.15) is 0 Å². The van der Waals surface area contributed by atoms with Gasteiger partial charge in [0.2, 0.25) is 0 Å². The summed E-state index contributed by atoms with van der Waals surface area (Å²) in [6.45, 7) is 2.26. The predicted molar refractivity (Wildman–Crippen MR) is 69.6 cm³/mol. The molecule has 0 spiro atoms. The van der Waals surface area contributed by atoms with Crippen LogP contribution in [0.3, 0.4) is 0 Å². The van der Waals surface area contributed by atoms with E-state index < -0.39 is 5.41 Å². The van der Waals surface area contributed by atoms with Crippen molar-refractivity contribution >= 4 is 27.5 Å². The van der Waals surface area contributed by atoms with E-state index in [0.29, 0.717) is 6.61 Å². The van der Waals surface area contributed by atoms with Gasteiger partial charge in [0.05, 0.1) is 23.0 Å². The summed E-state index contributed by atoms with van der Waals surface area (Å²) in [5, 5.41) is 0.884. The lowest BCUT2D eigenvalue weighted by Gasteiger charge is -2.37. The zero-order valence-electron chi connectivity index (χ0n) is 10.2. The van der Waals surface area contributed by atoms with Crippen LogP contribution in [0.2, 0.25) is 0 Å². The third-order valence-corrected chi connectivity index (χ3v) is 4.71. The van der Waals surface area contributed by atoms with Crippen molar-refractivity contribution in [3.05, 3.63) is 23.5 Å². The van der Waals surface area contributed by atoms with Gasteiger partial charge in [-0.1, -0.05) is 6.42 Å². The van der Waals surface area contributed by atoms with Crippen LogP contribution in [-0.4, -0.2) is 22.5 Å². The molecule has 3 rings (SSSR count). The molecular weight excluding hydrogens is 248 g/mol. The molecule has 1 aliphatic carbocycles. The van der Waals surface area contributed by atoms with Crippen LogP contribution in [0.25, 0.3) is 10.2 Å². The van der Waals surface area contributed by atoms with Crippen LogP contribution in [0.4, 0.5) is 0 Å². The van der Waals surface area contributed by atoms with Gasteiger partial charge in [0.25, 0.3) is 0 Å². The van der Waals surface area contributed by atoms with Crippen LogP contribution in [-0.2, 0) is 14.9 Å². The Morgan fingerprint density at radius 1 is 1.56 bits per heavy atom. The smallest absolute Gasteiger partial charge is 0.319 e. The fourth-order valence-corrected chi connectivity index (χ4v) is 3.46. The number of aromatic nitrogens is 2. The maximum absolute atomic E-state index is 12.2. The van der Waals surface area contributed by atoms with E-state index in [1.165, 1.54) is 0 Å². The molecule has 0 saturated heterocycles. The maximum atomic E-state index is 12.2. The molecule has 0 atom stereocenters. The van der Waals surface area contributed by atoms with Crippen molar-refractivity contribution < 1.29 is 9.53 Å². The number of hydrogen-bond donors (Lipinski definition) is 0. The third-order valence-electron chi connectivity index (χ3n) is 3.47. The molecule has 18 heavy (non-hydrogen) atoms. The second kappa shape index (κ2) is 4.31. The molecule has 0 bridgehead atoms. The van der Waals surface area contributed by atoms with Crippen LogP contribution in [0, 0.1) is 0 Å². The van der Waals surface area contributed by atoms with Gasteiger partial charge in [0.15, 0.2) is 0 Å². The minimum Gasteiger partial charge on any atom is -0.465 e. The lowest BCUT2D eigenvalue weighted by Crippen LogP contribution is -2.43. The van der Waals surface area contributed by atoms with E-state index in [0.717, 1.165) is 34.5 Å². The van der Waals surface area contributed by atoms with Gasteiger partial charge >= 0.3 is 5.97 Å². The minimum absolute atomic E-state index is 0.122. The van der Waals surface area contributed by atoms with Crippen LogP contribution in [0.5, 0.6) is 0 Å². The van der Waals surface area contributed by atoms with E-state index in [1.807, 2.05) is 13.0 Å². The number of fused-ring (bicyclic) bond motifs is 1. The summed E-state index contributed by atoms with van der Waals surface area (Å²) < 4.78 is 6.29. The first-order valence-corrected chi connectivity index (χ1v) is 6.96. The van der Waals surface area contributed by atoms with Gasteiger partial charge in [0, 0.05) is 6.20 Å². The number of thiazole rings is 1. The van der Waals surface area contributed by atoms with Crippen LogP contribution in [0.1, 0.15) is 31.2 Å². The third kappa shape index (κ3) is 1.61. The van der Waals surface area contributed by atoms with E-state index >= 15 is 0 Å². The van der Waals surface area contributed by atoms with E-state index in [4.69, 9.17) is 4.74 Å². The summed E-state index contributed by atoms with van der Waals surface area (Å²) in [7, 11) is 0. The maximum Gasteiger partial charge on any atom is 0.319 e. The van der Waals surface area contributed by atoms with Crippen molar-refractivity contribution in [3.8, 4) is 0 Å². The van der Waals surface area contributed by atoms with E-state index in [2.05, 4.69) is 9.97 Å². The molecule has 1 fully saturated rings. The molecule has 0 aliphatic heterocycles. The Bertz CT molecular complexity index is 556. The van der Waals surface area contributed by atoms with Crippen molar-refractivity contribution in [2.45, 2.75) is 31.6 Å². The molecule has 2 aromatic rings. The molecule has 5 heteroatoms. The summed E-state index contributed by atoms with van der Waals surface area (Å²) in [4.78, 5) is 20.8. The number of esters is 1. The number of nitrogens with zero attached hydrogens (tertiary/aromatic N) is 2. The van der Waals surface area contributed by atoms with Gasteiger partial charge in [-0.25, -0.2) is 4.98 Å². The molecule has 2 aromatic heterocycles. The molecule has 1 aliphatic rings. The zero-order chi connectivity index (χ0) is 12.6. The first-order chi connectivity index (χ1) is 8.76. The van der Waals surface area contributed by atoms with Gasteiger partial charge in [-0.05, 0) is 25.8 Å². The molecule has 0 unspecified atom stereocenters. The number of pyridine rings is 1. The molecule has 0 aromatic carbocycles. The summed E-state index contributed by atoms with van der Waals surface area (Å²) in [6, 6.07) is 1.94. The highest BCUT2D eigenvalue weighted by atomic mass is 32.1. The van der Waals surface area contributed by atoms with Crippen LogP contribution in [0.15, 0.2) is 18.5 Å². The summed E-state index contributed by atoms with van der Waals surface area (Å²) in [5.74, 6) is -0.122. The number of hydrogen-bond acceptors (Lipinski definition) is 5. The minimum atomic E-state index is -0.486. The standard InChI is InChI=1S/C13H14N2O2S/c1-2-17-12(16)13(5-3-6-13)11-15-9-8-14-7-4-10(9)18-11/h4,7-8H,2-3,5-6H2,1H3. The highest BCUT2D eigenvalue weighted by molar-refractivity contribution is 7.18. The number of rotatable bonds is 3. The lowest BCUT2D eigenvalue weighted by molar-refractivity contribution is -0.153. The monoisotopic (exact) mass is 262 g/mol. The van der Waals surface area contributed by atoms with Gasteiger partial charge in [0.1, 0.15) is 10.4 Å². The highest BCUT2D eigenvalue weighted by Crippen LogP contribution is 2.47. The van der Waals surface area contributed by atoms with E-state index in [9.17, 15) is 4.79 Å². The largest absolute Gasteiger partial charge is 0.465 e. The van der Waals surface area contributed by atoms with Crippen molar-refractivity contribution in [2.75, 3.05) is 6.61 Å². The Morgan fingerprint density at radius 3 is 3.00 bits per heavy atom. The average Bonchev–Trinajstić information content (AvgIpc) is 2.71. The van der Waals surface area contributed by atoms with Gasteiger partial charge in [-0.15, -0.1) is 11.3 Å². The lowest BCUT2D eigenvalue weighted by atomic mass is 9.69. The average molecular weight is 262 g/mol. The first kappa shape index (κ1) is 11.6. The summed E-state index contributed by atoms with van der Waals surface area (Å²) >= 11 is 1.58. The van der Waals surface area contributed by atoms with E-state index in [-0.39, 0.29) is 5.97 Å². The number of carbonyl (C=O) groups is 1. The second-order valence-corrected chi connectivity index (χ2v) is 5.55. The fourth-order valence-electron chi connectivity index (χ4n) is 2.29. The number of carbonyl (C=O) groups excluding carboxylic acids is 1. The zero-order valence-corrected chi connectivity index (χ0v) is 11.0. The van der Waals surface area contributed by atoms with Crippen molar-refractivity contribution in [3.63, 3.8) is 0 Å². The Labute approximate surface area is 109 Å². The molecule has 1 saturated carbocycles. The summed E-state index contributed by atoms with van der Waals surface area (Å²) in [6.07, 6.45) is 6.25.